The van der Waals surface area contributed by atoms with Crippen LogP contribution in [0.1, 0.15) is 40.5 Å². The van der Waals surface area contributed by atoms with Gasteiger partial charge in [0.05, 0.1) is 19.8 Å². The van der Waals surface area contributed by atoms with Crippen LogP contribution in [0.5, 0.6) is 0 Å². The predicted molar refractivity (Wildman–Crippen MR) is 95.5 cm³/mol. The van der Waals surface area contributed by atoms with Gasteiger partial charge in [-0.3, -0.25) is 13.9 Å². The molecule has 1 unspecified atom stereocenters. The summed E-state index contributed by atoms with van der Waals surface area (Å²) in [5.74, 6) is -2.75. The Morgan fingerprint density at radius 3 is 2.35 bits per heavy atom. The van der Waals surface area contributed by atoms with Gasteiger partial charge in [0.15, 0.2) is 0 Å². The maximum atomic E-state index is 13.3. The van der Waals surface area contributed by atoms with Crippen LogP contribution in [0, 0.1) is 0 Å². The molecule has 0 bridgehead atoms. The van der Waals surface area contributed by atoms with Gasteiger partial charge in [0.1, 0.15) is 18.1 Å². The minimum atomic E-state index is -3.87. The molecule has 1 fully saturated rings. The van der Waals surface area contributed by atoms with E-state index in [9.17, 15) is 19.0 Å². The molecule has 0 aromatic carbocycles. The van der Waals surface area contributed by atoms with E-state index in [2.05, 4.69) is 0 Å². The first-order chi connectivity index (χ1) is 12.2. The average Bonchev–Trinajstić information content (AvgIpc) is 2.75. The molecule has 4 atom stereocenters. The molecule has 0 aliphatic carbocycles. The monoisotopic (exact) mass is 416 g/mol. The van der Waals surface area contributed by atoms with Crippen molar-refractivity contribution in [2.45, 2.75) is 58.6 Å². The zero-order valence-corrected chi connectivity index (χ0v) is 17.6. The third kappa shape index (κ3) is 6.71. The molecule has 0 aromatic rings. The van der Waals surface area contributed by atoms with E-state index in [0.717, 1.165) is 19.8 Å². The molecule has 0 radical (unpaired) electrons. The highest BCUT2D eigenvalue weighted by Gasteiger charge is 2.57. The Balaban J connectivity index is 2.96. The fraction of sp³-hybridized carbons (Fsp3) is 0.933. The van der Waals surface area contributed by atoms with Gasteiger partial charge in [-0.15, -0.1) is 0 Å². The number of esters is 1. The molecule has 9 nitrogen and oxygen atoms in total. The van der Waals surface area contributed by atoms with Gasteiger partial charge in [-0.05, 0) is 20.3 Å². The van der Waals surface area contributed by atoms with Gasteiger partial charge in [-0.1, -0.05) is 13.3 Å². The molecule has 0 spiro atoms. The van der Waals surface area contributed by atoms with E-state index in [0.29, 0.717) is 6.61 Å². The number of aliphatic hydroxyl groups is 1. The molecule has 26 heavy (non-hydrogen) atoms. The number of unbranched alkanes of at least 4 members (excludes halogenated alkanes) is 1. The molecule has 0 aromatic heterocycles. The van der Waals surface area contributed by atoms with E-state index in [1.807, 2.05) is 6.92 Å². The number of carbonyl (C=O) groups excluding carboxylic acids is 1. The molecule has 1 aliphatic rings. The van der Waals surface area contributed by atoms with Crippen LogP contribution in [0.3, 0.4) is 0 Å². The molecule has 1 heterocycles. The van der Waals surface area contributed by atoms with E-state index in [-0.39, 0.29) is 19.8 Å². The summed E-state index contributed by atoms with van der Waals surface area (Å²) in [5, 5.41) is 10.4. The Kier molecular flexibility index (Phi) is 9.97. The van der Waals surface area contributed by atoms with Crippen molar-refractivity contribution in [2.24, 2.45) is 0 Å². The minimum Gasteiger partial charge on any atom is -0.449 e. The van der Waals surface area contributed by atoms with Gasteiger partial charge in [0.25, 0.3) is 7.37 Å². The summed E-state index contributed by atoms with van der Waals surface area (Å²) in [5.41, 5.74) is 0. The van der Waals surface area contributed by atoms with Crippen LogP contribution in [0.15, 0.2) is 0 Å². The second kappa shape index (κ2) is 10.9. The van der Waals surface area contributed by atoms with E-state index in [1.54, 1.807) is 13.8 Å². The van der Waals surface area contributed by atoms with Gasteiger partial charge < -0.3 is 28.2 Å². The first kappa shape index (κ1) is 23.8. The van der Waals surface area contributed by atoms with Crippen LogP contribution in [0.25, 0.3) is 0 Å². The fourth-order valence-corrected chi connectivity index (χ4v) is 8.62. The first-order valence-corrected chi connectivity index (χ1v) is 12.4. The zero-order chi connectivity index (χ0) is 19.8. The maximum Gasteiger partial charge on any atom is 0.340 e. The number of rotatable bonds is 12. The first-order valence-electron chi connectivity index (χ1n) is 8.79. The summed E-state index contributed by atoms with van der Waals surface area (Å²) in [6.07, 6.45) is -0.548. The topological polar surface area (TPSA) is 118 Å². The third-order valence-electron chi connectivity index (χ3n) is 3.61. The molecular formula is C15H30O9P2. The van der Waals surface area contributed by atoms with Crippen LogP contribution in [0.4, 0.5) is 0 Å². The lowest BCUT2D eigenvalue weighted by atomic mass is 10.2. The summed E-state index contributed by atoms with van der Waals surface area (Å²) < 4.78 is 52.4. The van der Waals surface area contributed by atoms with Crippen molar-refractivity contribution in [1.82, 2.24) is 0 Å². The van der Waals surface area contributed by atoms with Crippen molar-refractivity contribution in [3.8, 4) is 0 Å². The number of carbonyl (C=O) groups is 1. The van der Waals surface area contributed by atoms with Crippen LogP contribution in [0.2, 0.25) is 0 Å². The van der Waals surface area contributed by atoms with Crippen molar-refractivity contribution in [2.75, 3.05) is 32.3 Å². The molecule has 1 rings (SSSR count). The van der Waals surface area contributed by atoms with Gasteiger partial charge >= 0.3 is 13.6 Å². The molecule has 1 aliphatic heterocycles. The lowest BCUT2D eigenvalue weighted by Crippen LogP contribution is -2.35. The van der Waals surface area contributed by atoms with E-state index < -0.39 is 44.9 Å². The average molecular weight is 416 g/mol. The smallest absolute Gasteiger partial charge is 0.340 e. The quantitative estimate of drug-likeness (QED) is 0.291. The van der Waals surface area contributed by atoms with Gasteiger partial charge in [0, 0.05) is 13.5 Å². The second-order valence-electron chi connectivity index (χ2n) is 5.88. The lowest BCUT2D eigenvalue weighted by molar-refractivity contribution is -0.147. The highest BCUT2D eigenvalue weighted by atomic mass is 31.2. The minimum absolute atomic E-state index is 0.0174. The second-order valence-corrected chi connectivity index (χ2v) is 10.9. The SMILES string of the molecule is CCCCOC[C@H]1OP(=O)(CP(=O)(OCC)OCC)[C@@H](OC(C)=O)[C@@H]1O. The predicted octanol–water partition coefficient (Wildman–Crippen LogP) is 2.95. The van der Waals surface area contributed by atoms with Gasteiger partial charge in [-0.2, -0.15) is 0 Å². The van der Waals surface area contributed by atoms with Crippen molar-refractivity contribution >= 4 is 20.9 Å². The lowest BCUT2D eigenvalue weighted by Gasteiger charge is -2.24. The highest BCUT2D eigenvalue weighted by Crippen LogP contribution is 2.69. The summed E-state index contributed by atoms with van der Waals surface area (Å²) in [7, 11) is -7.60. The molecule has 0 saturated carbocycles. The van der Waals surface area contributed by atoms with E-state index >= 15 is 0 Å². The number of aliphatic hydroxyl groups excluding tert-OH is 1. The van der Waals surface area contributed by atoms with E-state index in [1.165, 1.54) is 0 Å². The zero-order valence-electron chi connectivity index (χ0n) is 15.8. The van der Waals surface area contributed by atoms with Crippen molar-refractivity contribution < 1.29 is 42.1 Å². The normalized spacial score (nSPS) is 29.0. The molecule has 11 heteroatoms. The summed E-state index contributed by atoms with van der Waals surface area (Å²) in [6.45, 7) is 7.00. The molecule has 154 valence electrons. The van der Waals surface area contributed by atoms with Crippen molar-refractivity contribution in [3.63, 3.8) is 0 Å². The van der Waals surface area contributed by atoms with Gasteiger partial charge in [-0.25, -0.2) is 0 Å². The maximum absolute atomic E-state index is 13.3. The van der Waals surface area contributed by atoms with Crippen LogP contribution in [-0.2, 0) is 37.0 Å². The van der Waals surface area contributed by atoms with Crippen LogP contribution < -0.4 is 0 Å². The van der Waals surface area contributed by atoms with Crippen LogP contribution >= 0.6 is 15.0 Å². The Bertz CT molecular complexity index is 529. The summed E-state index contributed by atoms with van der Waals surface area (Å²) in [4.78, 5) is 11.4. The highest BCUT2D eigenvalue weighted by molar-refractivity contribution is 7.74. The van der Waals surface area contributed by atoms with E-state index in [4.69, 9.17) is 23.0 Å². The summed E-state index contributed by atoms with van der Waals surface area (Å²) >= 11 is 0. The molecular weight excluding hydrogens is 386 g/mol. The van der Waals surface area contributed by atoms with Crippen molar-refractivity contribution in [3.05, 3.63) is 0 Å². The number of hydrogen-bond acceptors (Lipinski definition) is 9. The molecule has 0 amide bonds. The Labute approximate surface area is 154 Å². The number of hydrogen-bond donors (Lipinski definition) is 1. The molecule has 1 N–H and O–H groups in total. The standard InChI is InChI=1S/C15H30O9P2/c1-5-8-9-20-10-13-14(17)15(23-12(4)16)25(18,24-13)11-26(19,21-6-2)22-7-3/h13-15,17H,5-11H2,1-4H3/t13-,14-,15-,25?/m1/s1. The molecule has 1 saturated heterocycles. The third-order valence-corrected chi connectivity index (χ3v) is 9.69. The Morgan fingerprint density at radius 2 is 1.85 bits per heavy atom. The van der Waals surface area contributed by atoms with Crippen molar-refractivity contribution in [1.29, 1.82) is 0 Å². The largest absolute Gasteiger partial charge is 0.449 e. The number of ether oxygens (including phenoxy) is 2. The summed E-state index contributed by atoms with van der Waals surface area (Å²) in [6, 6.07) is 0. The van der Waals surface area contributed by atoms with Crippen LogP contribution in [-0.4, -0.2) is 61.5 Å². The van der Waals surface area contributed by atoms with Gasteiger partial charge in [0.2, 0.25) is 5.85 Å². The fourth-order valence-electron chi connectivity index (χ4n) is 2.53. The Hall–Kier alpha value is -0.270. The Morgan fingerprint density at radius 1 is 1.23 bits per heavy atom.